The van der Waals surface area contributed by atoms with Crippen molar-refractivity contribution in [3.05, 3.63) is 65.2 Å². The van der Waals surface area contributed by atoms with Gasteiger partial charge in [0.15, 0.2) is 5.96 Å². The zero-order chi connectivity index (χ0) is 22.8. The summed E-state index contributed by atoms with van der Waals surface area (Å²) in [5.74, 6) is 1.54. The molecule has 174 valence electrons. The molecule has 1 heterocycles. The average molecular weight is 441 g/mol. The average Bonchev–Trinajstić information content (AvgIpc) is 2.84. The molecule has 0 saturated carbocycles. The van der Waals surface area contributed by atoms with Gasteiger partial charge < -0.3 is 25.2 Å². The number of morpholine rings is 1. The largest absolute Gasteiger partial charge is 0.497 e. The molecule has 1 saturated heterocycles. The Hall–Kier alpha value is -2.61. The van der Waals surface area contributed by atoms with Crippen molar-refractivity contribution in [3.63, 3.8) is 0 Å². The van der Waals surface area contributed by atoms with Crippen molar-refractivity contribution in [1.29, 1.82) is 0 Å². The molecule has 7 nitrogen and oxygen atoms in total. The van der Waals surface area contributed by atoms with Gasteiger partial charge in [-0.2, -0.15) is 0 Å². The summed E-state index contributed by atoms with van der Waals surface area (Å²) in [5.41, 5.74) is 3.27. The van der Waals surface area contributed by atoms with Crippen LogP contribution in [0.2, 0.25) is 0 Å². The molecule has 7 heteroatoms. The van der Waals surface area contributed by atoms with E-state index in [1.807, 2.05) is 50.2 Å². The van der Waals surface area contributed by atoms with Crippen LogP contribution in [0, 0.1) is 6.92 Å². The van der Waals surface area contributed by atoms with Gasteiger partial charge in [-0.3, -0.25) is 9.89 Å². The molecule has 2 aromatic rings. The number of benzene rings is 2. The Morgan fingerprint density at radius 1 is 1.06 bits per heavy atom. The predicted octanol–water partition coefficient (Wildman–Crippen LogP) is 2.67. The fraction of sp³-hybridized carbons (Fsp3) is 0.480. The molecule has 2 aromatic carbocycles. The van der Waals surface area contributed by atoms with Crippen LogP contribution in [-0.4, -0.2) is 69.0 Å². The molecular weight excluding hydrogens is 404 g/mol. The first-order chi connectivity index (χ1) is 15.6. The zero-order valence-electron chi connectivity index (χ0n) is 19.4. The number of nitrogens with one attached hydrogen (secondary N) is 2. The van der Waals surface area contributed by atoms with E-state index in [9.17, 15) is 5.11 Å². The van der Waals surface area contributed by atoms with Gasteiger partial charge in [-0.05, 0) is 37.1 Å². The predicted molar refractivity (Wildman–Crippen MR) is 128 cm³/mol. The second-order valence-electron chi connectivity index (χ2n) is 7.96. The summed E-state index contributed by atoms with van der Waals surface area (Å²) < 4.78 is 10.9. The van der Waals surface area contributed by atoms with E-state index in [1.165, 1.54) is 11.1 Å². The van der Waals surface area contributed by atoms with Gasteiger partial charge in [0.2, 0.25) is 0 Å². The van der Waals surface area contributed by atoms with Crippen LogP contribution in [-0.2, 0) is 4.74 Å². The first-order valence-electron chi connectivity index (χ1n) is 11.3. The van der Waals surface area contributed by atoms with E-state index in [-0.39, 0.29) is 6.04 Å². The molecule has 3 N–H and O–H groups in total. The standard InChI is InChI=1S/C25H36N4O3/c1-4-26-25(28-18-24(30)21-7-5-19(2)6-8-21)27-17-23(29-13-15-32-16-14-29)20-9-11-22(31-3)12-10-20/h5-12,23-24,30H,4,13-18H2,1-3H3,(H2,26,27,28). The summed E-state index contributed by atoms with van der Waals surface area (Å²) in [6.45, 7) is 9.03. The fourth-order valence-electron chi connectivity index (χ4n) is 3.77. The summed E-state index contributed by atoms with van der Waals surface area (Å²) >= 11 is 0. The van der Waals surface area contributed by atoms with Crippen LogP contribution in [0.15, 0.2) is 53.5 Å². The molecule has 2 atom stereocenters. The molecule has 0 bridgehead atoms. The highest BCUT2D eigenvalue weighted by Crippen LogP contribution is 2.24. The third-order valence-electron chi connectivity index (χ3n) is 5.68. The second kappa shape index (κ2) is 12.4. The lowest BCUT2D eigenvalue weighted by Crippen LogP contribution is -2.42. The maximum Gasteiger partial charge on any atom is 0.191 e. The summed E-state index contributed by atoms with van der Waals surface area (Å²) in [4.78, 5) is 7.27. The van der Waals surface area contributed by atoms with Gasteiger partial charge in [-0.1, -0.05) is 42.0 Å². The van der Waals surface area contributed by atoms with E-state index in [0.717, 1.165) is 44.2 Å². The third-order valence-corrected chi connectivity index (χ3v) is 5.68. The lowest BCUT2D eigenvalue weighted by atomic mass is 10.0. The maximum absolute atomic E-state index is 10.6. The van der Waals surface area contributed by atoms with Gasteiger partial charge in [0.05, 0.1) is 39.0 Å². The molecule has 0 radical (unpaired) electrons. The minimum absolute atomic E-state index is 0.141. The number of hydrogen-bond donors (Lipinski definition) is 3. The van der Waals surface area contributed by atoms with E-state index in [4.69, 9.17) is 14.5 Å². The van der Waals surface area contributed by atoms with Gasteiger partial charge in [0, 0.05) is 26.2 Å². The van der Waals surface area contributed by atoms with E-state index in [2.05, 4.69) is 27.7 Å². The van der Waals surface area contributed by atoms with Crippen molar-refractivity contribution >= 4 is 5.96 Å². The smallest absolute Gasteiger partial charge is 0.191 e. The Bertz CT molecular complexity index is 833. The molecule has 2 unspecified atom stereocenters. The van der Waals surface area contributed by atoms with Crippen molar-refractivity contribution in [2.75, 3.05) is 53.0 Å². The number of methoxy groups -OCH3 is 1. The van der Waals surface area contributed by atoms with Crippen LogP contribution in [0.3, 0.4) is 0 Å². The Labute approximate surface area is 191 Å². The normalized spacial score (nSPS) is 16.9. The van der Waals surface area contributed by atoms with Gasteiger partial charge in [-0.15, -0.1) is 0 Å². The van der Waals surface area contributed by atoms with Gasteiger partial charge in [-0.25, -0.2) is 0 Å². The number of rotatable bonds is 9. The molecule has 1 fully saturated rings. The van der Waals surface area contributed by atoms with Crippen molar-refractivity contribution in [3.8, 4) is 5.75 Å². The second-order valence-corrected chi connectivity index (χ2v) is 7.96. The van der Waals surface area contributed by atoms with E-state index >= 15 is 0 Å². The highest BCUT2D eigenvalue weighted by molar-refractivity contribution is 5.79. The number of ether oxygens (including phenoxy) is 2. The number of hydrogen-bond acceptors (Lipinski definition) is 5. The molecule has 1 aliphatic heterocycles. The first kappa shape index (κ1) is 24.0. The van der Waals surface area contributed by atoms with Crippen molar-refractivity contribution in [2.45, 2.75) is 26.0 Å². The summed E-state index contributed by atoms with van der Waals surface area (Å²) in [6.07, 6.45) is -0.601. The molecule has 0 spiro atoms. The van der Waals surface area contributed by atoms with E-state index in [0.29, 0.717) is 19.0 Å². The zero-order valence-corrected chi connectivity index (χ0v) is 19.4. The van der Waals surface area contributed by atoms with Crippen LogP contribution in [0.25, 0.3) is 0 Å². The molecule has 3 rings (SSSR count). The number of aliphatic imine (C=N–C) groups is 1. The third kappa shape index (κ3) is 6.95. The maximum atomic E-state index is 10.6. The molecule has 0 amide bonds. The lowest BCUT2D eigenvalue weighted by Gasteiger charge is -2.34. The summed E-state index contributed by atoms with van der Waals surface area (Å²) in [7, 11) is 1.68. The molecule has 1 aliphatic rings. The quantitative estimate of drug-likeness (QED) is 0.411. The van der Waals surface area contributed by atoms with Crippen LogP contribution in [0.4, 0.5) is 0 Å². The molecule has 0 aliphatic carbocycles. The Balaban J connectivity index is 1.69. The van der Waals surface area contributed by atoms with E-state index < -0.39 is 6.10 Å². The Morgan fingerprint density at radius 3 is 2.34 bits per heavy atom. The number of aryl methyl sites for hydroxylation is 1. The van der Waals surface area contributed by atoms with Crippen molar-refractivity contribution in [1.82, 2.24) is 15.5 Å². The number of aliphatic hydroxyl groups excluding tert-OH is 1. The monoisotopic (exact) mass is 440 g/mol. The number of aliphatic hydroxyl groups is 1. The fourth-order valence-corrected chi connectivity index (χ4v) is 3.77. The number of nitrogens with zero attached hydrogens (tertiary/aromatic N) is 2. The lowest BCUT2D eigenvalue weighted by molar-refractivity contribution is 0.0179. The highest BCUT2D eigenvalue weighted by Gasteiger charge is 2.23. The Kier molecular flexibility index (Phi) is 9.34. The topological polar surface area (TPSA) is 78.4 Å². The van der Waals surface area contributed by atoms with Crippen LogP contribution >= 0.6 is 0 Å². The van der Waals surface area contributed by atoms with Crippen molar-refractivity contribution in [2.24, 2.45) is 4.99 Å². The minimum atomic E-state index is -0.601. The Morgan fingerprint density at radius 2 is 1.72 bits per heavy atom. The van der Waals surface area contributed by atoms with Gasteiger partial charge in [0.25, 0.3) is 0 Å². The minimum Gasteiger partial charge on any atom is -0.497 e. The van der Waals surface area contributed by atoms with Gasteiger partial charge in [0.1, 0.15) is 5.75 Å². The molecule has 32 heavy (non-hydrogen) atoms. The SMILES string of the molecule is CCNC(=NCC(c1ccc(OC)cc1)N1CCOCC1)NCC(O)c1ccc(C)cc1. The van der Waals surface area contributed by atoms with Crippen LogP contribution in [0.5, 0.6) is 5.75 Å². The molecule has 0 aromatic heterocycles. The van der Waals surface area contributed by atoms with Crippen molar-refractivity contribution < 1.29 is 14.6 Å². The first-order valence-corrected chi connectivity index (χ1v) is 11.3. The highest BCUT2D eigenvalue weighted by atomic mass is 16.5. The van der Waals surface area contributed by atoms with Crippen LogP contribution in [0.1, 0.15) is 35.8 Å². The number of guanidine groups is 1. The van der Waals surface area contributed by atoms with E-state index in [1.54, 1.807) is 7.11 Å². The summed E-state index contributed by atoms with van der Waals surface area (Å²) in [6, 6.07) is 16.3. The summed E-state index contributed by atoms with van der Waals surface area (Å²) in [5, 5.41) is 17.1. The van der Waals surface area contributed by atoms with Gasteiger partial charge >= 0.3 is 0 Å². The molecular formula is C25H36N4O3. The van der Waals surface area contributed by atoms with Crippen LogP contribution < -0.4 is 15.4 Å².